The maximum Gasteiger partial charge on any atom is 0.130 e. The number of aromatic amines is 1. The van der Waals surface area contributed by atoms with E-state index in [1.807, 2.05) is 19.1 Å². The number of aryl methyl sites for hydroxylation is 1. The number of imidazole rings is 1. The Labute approximate surface area is 108 Å². The largest absolute Gasteiger partial charge is 0.507 e. The van der Waals surface area contributed by atoms with Gasteiger partial charge in [0.05, 0.1) is 10.2 Å². The van der Waals surface area contributed by atoms with Gasteiger partial charge in [0.15, 0.2) is 0 Å². The van der Waals surface area contributed by atoms with Crippen molar-refractivity contribution in [3.8, 4) is 17.0 Å². The van der Waals surface area contributed by atoms with Crippen LogP contribution in [0.1, 0.15) is 30.3 Å². The molecule has 0 aliphatic heterocycles. The van der Waals surface area contributed by atoms with E-state index in [4.69, 9.17) is 0 Å². The first-order chi connectivity index (χ1) is 8.15. The smallest absolute Gasteiger partial charge is 0.130 e. The Kier molecular flexibility index (Phi) is 2.47. The van der Waals surface area contributed by atoms with Crippen LogP contribution in [0, 0.1) is 6.92 Å². The standard InChI is InChI=1S/C13H13BrN2O/c1-7-12(16-13(15-7)8-2-3-8)9-4-5-10(14)11(17)6-9/h4-6,8,17H,2-3H2,1H3,(H,15,16). The summed E-state index contributed by atoms with van der Waals surface area (Å²) < 4.78 is 0.705. The van der Waals surface area contributed by atoms with Crippen molar-refractivity contribution in [1.29, 1.82) is 0 Å². The van der Waals surface area contributed by atoms with E-state index in [1.165, 1.54) is 12.8 Å². The van der Waals surface area contributed by atoms with E-state index < -0.39 is 0 Å². The van der Waals surface area contributed by atoms with Crippen molar-refractivity contribution in [2.75, 3.05) is 0 Å². The molecular formula is C13H13BrN2O. The lowest BCUT2D eigenvalue weighted by atomic mass is 10.1. The maximum atomic E-state index is 9.70. The van der Waals surface area contributed by atoms with Crippen LogP contribution in [0.4, 0.5) is 0 Å². The second kappa shape index (κ2) is 3.88. The number of nitrogens with zero attached hydrogens (tertiary/aromatic N) is 1. The molecule has 0 bridgehead atoms. The summed E-state index contributed by atoms with van der Waals surface area (Å²) in [4.78, 5) is 7.97. The molecule has 0 amide bonds. The number of hydrogen-bond acceptors (Lipinski definition) is 2. The van der Waals surface area contributed by atoms with Gasteiger partial charge in [0.25, 0.3) is 0 Å². The van der Waals surface area contributed by atoms with Gasteiger partial charge in [-0.2, -0.15) is 0 Å². The Morgan fingerprint density at radius 1 is 1.41 bits per heavy atom. The molecule has 0 spiro atoms. The van der Waals surface area contributed by atoms with Crippen LogP contribution in [0.15, 0.2) is 22.7 Å². The predicted molar refractivity (Wildman–Crippen MR) is 70.1 cm³/mol. The number of H-pyrrole nitrogens is 1. The molecule has 88 valence electrons. The minimum absolute atomic E-state index is 0.248. The topological polar surface area (TPSA) is 48.9 Å². The quantitative estimate of drug-likeness (QED) is 0.886. The van der Waals surface area contributed by atoms with Crippen molar-refractivity contribution in [3.63, 3.8) is 0 Å². The fourth-order valence-electron chi connectivity index (χ4n) is 1.97. The van der Waals surface area contributed by atoms with Crippen LogP contribution in [0.3, 0.4) is 0 Å². The van der Waals surface area contributed by atoms with Gasteiger partial charge in [0, 0.05) is 17.2 Å². The lowest BCUT2D eigenvalue weighted by Gasteiger charge is -2.01. The van der Waals surface area contributed by atoms with Gasteiger partial charge in [-0.05, 0) is 47.8 Å². The summed E-state index contributed by atoms with van der Waals surface area (Å²) in [5.74, 6) is 1.95. The molecule has 1 aliphatic carbocycles. The van der Waals surface area contributed by atoms with Crippen molar-refractivity contribution in [3.05, 3.63) is 34.2 Å². The third-order valence-electron chi connectivity index (χ3n) is 3.09. The molecule has 1 saturated carbocycles. The highest BCUT2D eigenvalue weighted by Gasteiger charge is 2.27. The molecule has 0 radical (unpaired) electrons. The zero-order chi connectivity index (χ0) is 12.0. The first-order valence-electron chi connectivity index (χ1n) is 5.70. The van der Waals surface area contributed by atoms with Crippen LogP contribution in [-0.2, 0) is 0 Å². The Bertz CT molecular complexity index is 573. The first kappa shape index (κ1) is 10.8. The van der Waals surface area contributed by atoms with Crippen molar-refractivity contribution in [2.45, 2.75) is 25.7 Å². The van der Waals surface area contributed by atoms with E-state index in [0.717, 1.165) is 22.8 Å². The number of benzene rings is 1. The van der Waals surface area contributed by atoms with E-state index in [2.05, 4.69) is 25.9 Å². The lowest BCUT2D eigenvalue weighted by Crippen LogP contribution is -1.82. The molecule has 3 rings (SSSR count). The summed E-state index contributed by atoms with van der Waals surface area (Å²) in [6, 6.07) is 5.54. The molecule has 3 nitrogen and oxygen atoms in total. The Morgan fingerprint density at radius 3 is 2.82 bits per heavy atom. The molecule has 1 aliphatic rings. The molecular weight excluding hydrogens is 280 g/mol. The number of aromatic hydroxyl groups is 1. The highest BCUT2D eigenvalue weighted by molar-refractivity contribution is 9.10. The van der Waals surface area contributed by atoms with Gasteiger partial charge in [0.1, 0.15) is 11.6 Å². The van der Waals surface area contributed by atoms with Crippen LogP contribution in [0.2, 0.25) is 0 Å². The Morgan fingerprint density at radius 2 is 2.18 bits per heavy atom. The summed E-state index contributed by atoms with van der Waals surface area (Å²) >= 11 is 3.28. The zero-order valence-electron chi connectivity index (χ0n) is 9.50. The van der Waals surface area contributed by atoms with Gasteiger partial charge >= 0.3 is 0 Å². The van der Waals surface area contributed by atoms with Crippen LogP contribution < -0.4 is 0 Å². The molecule has 0 saturated heterocycles. The van der Waals surface area contributed by atoms with Crippen molar-refractivity contribution in [2.24, 2.45) is 0 Å². The SMILES string of the molecule is Cc1[nH]c(C2CC2)nc1-c1ccc(Br)c(O)c1. The zero-order valence-corrected chi connectivity index (χ0v) is 11.1. The minimum atomic E-state index is 0.248. The van der Waals surface area contributed by atoms with E-state index in [9.17, 15) is 5.11 Å². The molecule has 0 atom stereocenters. The Hall–Kier alpha value is -1.29. The highest BCUT2D eigenvalue weighted by Crippen LogP contribution is 2.40. The van der Waals surface area contributed by atoms with E-state index in [0.29, 0.717) is 10.4 Å². The van der Waals surface area contributed by atoms with Crippen LogP contribution >= 0.6 is 15.9 Å². The Balaban J connectivity index is 2.04. The number of phenols is 1. The molecule has 4 heteroatoms. The molecule has 1 aromatic heterocycles. The predicted octanol–water partition coefficient (Wildman–Crippen LogP) is 3.73. The minimum Gasteiger partial charge on any atom is -0.507 e. The van der Waals surface area contributed by atoms with Gasteiger partial charge < -0.3 is 10.1 Å². The number of rotatable bonds is 2. The third-order valence-corrected chi connectivity index (χ3v) is 3.76. The number of halogens is 1. The second-order valence-electron chi connectivity index (χ2n) is 4.54. The monoisotopic (exact) mass is 292 g/mol. The average Bonchev–Trinajstić information content (AvgIpc) is 3.07. The fourth-order valence-corrected chi connectivity index (χ4v) is 2.22. The van der Waals surface area contributed by atoms with E-state index >= 15 is 0 Å². The number of aromatic nitrogens is 2. The highest BCUT2D eigenvalue weighted by atomic mass is 79.9. The average molecular weight is 293 g/mol. The van der Waals surface area contributed by atoms with Crippen molar-refractivity contribution >= 4 is 15.9 Å². The molecule has 1 fully saturated rings. The van der Waals surface area contributed by atoms with Gasteiger partial charge in [0.2, 0.25) is 0 Å². The van der Waals surface area contributed by atoms with Crippen LogP contribution in [0.5, 0.6) is 5.75 Å². The molecule has 17 heavy (non-hydrogen) atoms. The maximum absolute atomic E-state index is 9.70. The number of nitrogens with one attached hydrogen (secondary N) is 1. The summed E-state index contributed by atoms with van der Waals surface area (Å²) in [7, 11) is 0. The van der Waals surface area contributed by atoms with Crippen molar-refractivity contribution < 1.29 is 5.11 Å². The van der Waals surface area contributed by atoms with Crippen LogP contribution in [-0.4, -0.2) is 15.1 Å². The summed E-state index contributed by atoms with van der Waals surface area (Å²) in [6.45, 7) is 2.02. The molecule has 0 unspecified atom stereocenters. The van der Waals surface area contributed by atoms with E-state index in [1.54, 1.807) is 6.07 Å². The molecule has 2 aromatic rings. The summed E-state index contributed by atoms with van der Waals surface area (Å²) in [5.41, 5.74) is 2.95. The molecule has 2 N–H and O–H groups in total. The van der Waals surface area contributed by atoms with Gasteiger partial charge in [-0.25, -0.2) is 4.98 Å². The summed E-state index contributed by atoms with van der Waals surface area (Å²) in [5, 5.41) is 9.70. The molecule has 1 heterocycles. The van der Waals surface area contributed by atoms with Gasteiger partial charge in [-0.15, -0.1) is 0 Å². The number of hydrogen-bond donors (Lipinski definition) is 2. The van der Waals surface area contributed by atoms with Crippen molar-refractivity contribution in [1.82, 2.24) is 9.97 Å². The first-order valence-corrected chi connectivity index (χ1v) is 6.50. The summed E-state index contributed by atoms with van der Waals surface area (Å²) in [6.07, 6.45) is 2.47. The third kappa shape index (κ3) is 1.97. The second-order valence-corrected chi connectivity index (χ2v) is 5.39. The fraction of sp³-hybridized carbons (Fsp3) is 0.308. The van der Waals surface area contributed by atoms with E-state index in [-0.39, 0.29) is 5.75 Å². The normalized spacial score (nSPS) is 15.2. The van der Waals surface area contributed by atoms with Gasteiger partial charge in [-0.1, -0.05) is 6.07 Å². The van der Waals surface area contributed by atoms with Gasteiger partial charge in [-0.3, -0.25) is 0 Å². The molecule has 1 aromatic carbocycles. The number of phenolic OH excluding ortho intramolecular Hbond substituents is 1. The van der Waals surface area contributed by atoms with Crippen LogP contribution in [0.25, 0.3) is 11.3 Å². The lowest BCUT2D eigenvalue weighted by molar-refractivity contribution is 0.472.